The molecule has 0 fully saturated rings. The maximum absolute atomic E-state index is 11.7. The maximum atomic E-state index is 11.7. The van der Waals surface area contributed by atoms with Gasteiger partial charge < -0.3 is 0 Å². The van der Waals surface area contributed by atoms with Crippen LogP contribution >= 0.6 is 23.5 Å². The third kappa shape index (κ3) is 14.9. The van der Waals surface area contributed by atoms with Gasteiger partial charge in [-0.3, -0.25) is 4.21 Å². The van der Waals surface area contributed by atoms with Gasteiger partial charge in [-0.05, 0) is 48.7 Å². The molecule has 0 radical (unpaired) electrons. The topological polar surface area (TPSA) is 17.1 Å². The van der Waals surface area contributed by atoms with Gasteiger partial charge in [0.2, 0.25) is 0 Å². The molecule has 0 N–H and O–H groups in total. The SMILES string of the molecule is CCSCCCCCS(=O)CCCCCSCC. The molecule has 0 amide bonds. The lowest BCUT2D eigenvalue weighted by molar-refractivity contribution is 0.670. The summed E-state index contributed by atoms with van der Waals surface area (Å²) in [6.45, 7) is 4.41. The van der Waals surface area contributed by atoms with Crippen molar-refractivity contribution < 1.29 is 4.21 Å². The summed E-state index contributed by atoms with van der Waals surface area (Å²) in [6.07, 6.45) is 7.41. The van der Waals surface area contributed by atoms with Crippen LogP contribution in [-0.4, -0.2) is 38.7 Å². The molecule has 0 heterocycles. The Balaban J connectivity index is 3.12. The van der Waals surface area contributed by atoms with Crippen molar-refractivity contribution in [1.29, 1.82) is 0 Å². The fraction of sp³-hybridized carbons (Fsp3) is 1.00. The highest BCUT2D eigenvalue weighted by Gasteiger charge is 2.00. The highest BCUT2D eigenvalue weighted by atomic mass is 32.2. The van der Waals surface area contributed by atoms with Crippen LogP contribution in [0.25, 0.3) is 0 Å². The van der Waals surface area contributed by atoms with Crippen LogP contribution in [0.5, 0.6) is 0 Å². The van der Waals surface area contributed by atoms with Crippen LogP contribution in [0.2, 0.25) is 0 Å². The van der Waals surface area contributed by atoms with Crippen LogP contribution < -0.4 is 0 Å². The van der Waals surface area contributed by atoms with E-state index in [1.807, 2.05) is 23.5 Å². The molecule has 1 nitrogen and oxygen atoms in total. The van der Waals surface area contributed by atoms with E-state index in [-0.39, 0.29) is 0 Å². The average molecular weight is 311 g/mol. The summed E-state index contributed by atoms with van der Waals surface area (Å²) >= 11 is 4.02. The Morgan fingerprint density at radius 3 is 1.56 bits per heavy atom. The second-order valence-electron chi connectivity index (χ2n) is 4.36. The largest absolute Gasteiger partial charge is 0.260 e. The Hall–Kier alpha value is 0.850. The van der Waals surface area contributed by atoms with Gasteiger partial charge >= 0.3 is 0 Å². The summed E-state index contributed by atoms with van der Waals surface area (Å²) in [5.41, 5.74) is 0. The van der Waals surface area contributed by atoms with Crippen LogP contribution in [0.3, 0.4) is 0 Å². The van der Waals surface area contributed by atoms with E-state index in [0.717, 1.165) is 24.3 Å². The molecule has 0 aromatic carbocycles. The lowest BCUT2D eigenvalue weighted by atomic mass is 10.3. The Morgan fingerprint density at radius 1 is 0.722 bits per heavy atom. The van der Waals surface area contributed by atoms with Gasteiger partial charge in [-0.15, -0.1) is 0 Å². The summed E-state index contributed by atoms with van der Waals surface area (Å²) in [4.78, 5) is 0. The van der Waals surface area contributed by atoms with Gasteiger partial charge in [0.1, 0.15) is 0 Å². The lowest BCUT2D eigenvalue weighted by Gasteiger charge is -2.03. The number of rotatable bonds is 14. The monoisotopic (exact) mass is 310 g/mol. The van der Waals surface area contributed by atoms with Crippen molar-refractivity contribution in [2.24, 2.45) is 0 Å². The molecular formula is C14H30OS3. The van der Waals surface area contributed by atoms with E-state index in [2.05, 4.69) is 13.8 Å². The zero-order valence-electron chi connectivity index (χ0n) is 12.1. The highest BCUT2D eigenvalue weighted by Crippen LogP contribution is 2.08. The highest BCUT2D eigenvalue weighted by molar-refractivity contribution is 7.99. The molecule has 0 aromatic heterocycles. The quantitative estimate of drug-likeness (QED) is 0.437. The predicted octanol–water partition coefficient (Wildman–Crippen LogP) is 4.58. The molecule has 0 aliphatic carbocycles. The van der Waals surface area contributed by atoms with Gasteiger partial charge in [-0.1, -0.05) is 26.7 Å². The second-order valence-corrected chi connectivity index (χ2v) is 8.85. The zero-order chi connectivity index (χ0) is 13.5. The Bertz CT molecular complexity index is 168. The summed E-state index contributed by atoms with van der Waals surface area (Å²) < 4.78 is 11.7. The number of thioether (sulfide) groups is 2. The summed E-state index contributed by atoms with van der Waals surface area (Å²) in [5.74, 6) is 6.86. The van der Waals surface area contributed by atoms with E-state index in [0.29, 0.717) is 0 Å². The fourth-order valence-electron chi connectivity index (χ4n) is 1.68. The van der Waals surface area contributed by atoms with E-state index in [1.165, 1.54) is 48.7 Å². The Kier molecular flexibility index (Phi) is 16.7. The standard InChI is InChI=1S/C14H30OS3/c1-3-16-11-7-5-9-13-18(15)14-10-6-8-12-17-4-2/h3-14H2,1-2H3. The Morgan fingerprint density at radius 2 is 1.17 bits per heavy atom. The van der Waals surface area contributed by atoms with Crippen molar-refractivity contribution in [1.82, 2.24) is 0 Å². The molecule has 0 saturated heterocycles. The van der Waals surface area contributed by atoms with E-state index >= 15 is 0 Å². The number of hydrogen-bond donors (Lipinski definition) is 0. The Labute approximate surface area is 125 Å². The lowest BCUT2D eigenvalue weighted by Crippen LogP contribution is -2.03. The molecule has 0 aromatic rings. The van der Waals surface area contributed by atoms with Crippen LogP contribution in [0, 0.1) is 0 Å². The summed E-state index contributed by atoms with van der Waals surface area (Å²) in [5, 5.41) is 0. The molecule has 0 rings (SSSR count). The van der Waals surface area contributed by atoms with Gasteiger partial charge in [0.05, 0.1) is 0 Å². The van der Waals surface area contributed by atoms with Crippen LogP contribution in [-0.2, 0) is 10.8 Å². The average Bonchev–Trinajstić information content (AvgIpc) is 2.38. The molecule has 0 unspecified atom stereocenters. The zero-order valence-corrected chi connectivity index (χ0v) is 14.6. The molecule has 4 heteroatoms. The minimum absolute atomic E-state index is 0.548. The first kappa shape index (κ1) is 18.9. The van der Waals surface area contributed by atoms with E-state index in [9.17, 15) is 4.21 Å². The minimum Gasteiger partial charge on any atom is -0.260 e. The van der Waals surface area contributed by atoms with Gasteiger partial charge in [-0.25, -0.2) is 0 Å². The molecule has 0 atom stereocenters. The van der Waals surface area contributed by atoms with E-state index in [4.69, 9.17) is 0 Å². The second kappa shape index (κ2) is 15.9. The van der Waals surface area contributed by atoms with Crippen molar-refractivity contribution in [3.63, 3.8) is 0 Å². The molecule has 0 aliphatic rings. The van der Waals surface area contributed by atoms with Gasteiger partial charge in [0.25, 0.3) is 0 Å². The van der Waals surface area contributed by atoms with Gasteiger partial charge in [0, 0.05) is 22.3 Å². The first-order chi connectivity index (χ1) is 8.81. The number of unbranched alkanes of at least 4 members (excludes halogenated alkanes) is 4. The van der Waals surface area contributed by atoms with Gasteiger partial charge in [-0.2, -0.15) is 23.5 Å². The molecule has 110 valence electrons. The molecule has 18 heavy (non-hydrogen) atoms. The van der Waals surface area contributed by atoms with Crippen LogP contribution in [0.15, 0.2) is 0 Å². The summed E-state index contributed by atoms with van der Waals surface area (Å²) in [6, 6.07) is 0. The first-order valence-electron chi connectivity index (χ1n) is 7.31. The van der Waals surface area contributed by atoms with Crippen molar-refractivity contribution in [2.45, 2.75) is 52.4 Å². The minimum atomic E-state index is -0.548. The van der Waals surface area contributed by atoms with Crippen molar-refractivity contribution >= 4 is 34.3 Å². The molecule has 0 saturated carbocycles. The molecule has 0 bridgehead atoms. The molecule has 0 spiro atoms. The third-order valence-corrected chi connectivity index (χ3v) is 6.19. The van der Waals surface area contributed by atoms with Crippen molar-refractivity contribution in [2.75, 3.05) is 34.5 Å². The molecular weight excluding hydrogens is 280 g/mol. The van der Waals surface area contributed by atoms with E-state index in [1.54, 1.807) is 0 Å². The summed E-state index contributed by atoms with van der Waals surface area (Å²) in [7, 11) is -0.548. The third-order valence-electron chi connectivity index (χ3n) is 2.73. The molecule has 0 aliphatic heterocycles. The number of hydrogen-bond acceptors (Lipinski definition) is 3. The van der Waals surface area contributed by atoms with Crippen LogP contribution in [0.1, 0.15) is 52.4 Å². The van der Waals surface area contributed by atoms with Crippen molar-refractivity contribution in [3.05, 3.63) is 0 Å². The smallest absolute Gasteiger partial charge is 0.0234 e. The van der Waals surface area contributed by atoms with E-state index < -0.39 is 10.8 Å². The normalized spacial score (nSPS) is 11.3. The van der Waals surface area contributed by atoms with Gasteiger partial charge in [0.15, 0.2) is 0 Å². The first-order valence-corrected chi connectivity index (χ1v) is 11.1. The fourth-order valence-corrected chi connectivity index (χ4v) is 4.33. The maximum Gasteiger partial charge on any atom is 0.0234 e. The predicted molar refractivity (Wildman–Crippen MR) is 91.6 cm³/mol. The van der Waals surface area contributed by atoms with Crippen molar-refractivity contribution in [3.8, 4) is 0 Å². The van der Waals surface area contributed by atoms with Crippen LogP contribution in [0.4, 0.5) is 0 Å².